The molecule has 0 aliphatic carbocycles. The lowest BCUT2D eigenvalue weighted by molar-refractivity contribution is 0.220. The zero-order chi connectivity index (χ0) is 28.7. The zero-order valence-corrected chi connectivity index (χ0v) is 23.6. The van der Waals surface area contributed by atoms with Gasteiger partial charge in [-0.3, -0.25) is 0 Å². The monoisotopic (exact) mass is 556 g/mol. The van der Waals surface area contributed by atoms with E-state index in [0.717, 1.165) is 34.0 Å². The van der Waals surface area contributed by atoms with E-state index in [1.165, 1.54) is 0 Å². The van der Waals surface area contributed by atoms with Gasteiger partial charge in [-0.05, 0) is 49.2 Å². The van der Waals surface area contributed by atoms with Crippen molar-refractivity contribution in [3.8, 4) is 22.9 Å². The summed E-state index contributed by atoms with van der Waals surface area (Å²) in [5, 5.41) is 18.6. The van der Waals surface area contributed by atoms with Crippen molar-refractivity contribution in [1.82, 2.24) is 30.0 Å². The van der Waals surface area contributed by atoms with Gasteiger partial charge in [-0.15, -0.1) is 10.2 Å². The first kappa shape index (κ1) is 27.0. The van der Waals surface area contributed by atoms with Crippen molar-refractivity contribution in [2.75, 3.05) is 0 Å². The highest BCUT2D eigenvalue weighted by Crippen LogP contribution is 2.35. The Morgan fingerprint density at radius 2 is 0.833 bits per heavy atom. The third-order valence-electron chi connectivity index (χ3n) is 6.98. The predicted octanol–water partition coefficient (Wildman–Crippen LogP) is 6.91. The predicted molar refractivity (Wildman–Crippen MR) is 161 cm³/mol. The average Bonchev–Trinajstić information content (AvgIpc) is 3.63. The first-order valence-electron chi connectivity index (χ1n) is 14.0. The molecule has 6 rings (SSSR count). The summed E-state index contributed by atoms with van der Waals surface area (Å²) in [4.78, 5) is 0. The maximum Gasteiger partial charge on any atom is 0.142 e. The normalized spacial score (nSPS) is 12.5. The van der Waals surface area contributed by atoms with Crippen LogP contribution in [0.1, 0.15) is 48.6 Å². The fourth-order valence-electron chi connectivity index (χ4n) is 4.94. The molecular weight excluding hydrogens is 524 g/mol. The minimum atomic E-state index is -0.398. The van der Waals surface area contributed by atoms with E-state index in [4.69, 9.17) is 9.47 Å². The lowest BCUT2D eigenvalue weighted by atomic mass is 10.1. The van der Waals surface area contributed by atoms with Crippen LogP contribution in [0.15, 0.2) is 121 Å². The van der Waals surface area contributed by atoms with Crippen LogP contribution in [0, 0.1) is 0 Å². The summed E-state index contributed by atoms with van der Waals surface area (Å²) < 4.78 is 16.5. The summed E-state index contributed by atoms with van der Waals surface area (Å²) in [5.41, 5.74) is 5.18. The van der Waals surface area contributed by atoms with Crippen molar-refractivity contribution in [2.24, 2.45) is 0 Å². The molecule has 0 aliphatic rings. The highest BCUT2D eigenvalue weighted by Gasteiger charge is 2.30. The van der Waals surface area contributed by atoms with E-state index < -0.39 is 12.2 Å². The van der Waals surface area contributed by atoms with Crippen molar-refractivity contribution in [3.63, 3.8) is 0 Å². The van der Waals surface area contributed by atoms with E-state index in [-0.39, 0.29) is 0 Å². The van der Waals surface area contributed by atoms with Gasteiger partial charge < -0.3 is 9.47 Å². The molecule has 210 valence electrons. The Kier molecular flexibility index (Phi) is 8.03. The number of aromatic nitrogens is 6. The summed E-state index contributed by atoms with van der Waals surface area (Å²) in [5.74, 6) is 1.51. The average molecular weight is 557 g/mol. The topological polar surface area (TPSA) is 79.9 Å². The molecule has 2 aromatic heterocycles. The number of hydrogen-bond donors (Lipinski definition) is 0. The van der Waals surface area contributed by atoms with Crippen LogP contribution < -0.4 is 9.47 Å². The molecule has 0 N–H and O–H groups in total. The molecule has 0 saturated carbocycles. The second kappa shape index (κ2) is 12.5. The molecule has 0 radical (unpaired) electrons. The maximum absolute atomic E-state index is 6.36. The Labute approximate surface area is 245 Å². The van der Waals surface area contributed by atoms with Crippen molar-refractivity contribution in [3.05, 3.63) is 144 Å². The molecule has 0 unspecified atom stereocenters. The van der Waals surface area contributed by atoms with E-state index in [2.05, 4.69) is 44.9 Å². The van der Waals surface area contributed by atoms with Gasteiger partial charge in [0.2, 0.25) is 0 Å². The molecule has 42 heavy (non-hydrogen) atoms. The van der Waals surface area contributed by atoms with Crippen LogP contribution >= 0.6 is 0 Å². The lowest BCUT2D eigenvalue weighted by Gasteiger charge is -2.18. The van der Waals surface area contributed by atoms with Gasteiger partial charge >= 0.3 is 0 Å². The second-order valence-corrected chi connectivity index (χ2v) is 10.1. The van der Waals surface area contributed by atoms with E-state index in [0.29, 0.717) is 24.5 Å². The molecule has 0 bridgehead atoms. The quantitative estimate of drug-likeness (QED) is 0.172. The van der Waals surface area contributed by atoms with Crippen LogP contribution in [0.2, 0.25) is 0 Å². The molecule has 2 atom stereocenters. The van der Waals surface area contributed by atoms with Crippen LogP contribution in [-0.2, 0) is 13.1 Å². The molecule has 0 fully saturated rings. The number of nitrogens with zero attached hydrogens (tertiary/aromatic N) is 6. The molecule has 0 saturated heterocycles. The Hall–Kier alpha value is -5.24. The van der Waals surface area contributed by atoms with Crippen LogP contribution in [0.4, 0.5) is 0 Å². The van der Waals surface area contributed by atoms with Gasteiger partial charge in [0.25, 0.3) is 0 Å². The first-order valence-corrected chi connectivity index (χ1v) is 14.0. The third kappa shape index (κ3) is 6.07. The van der Waals surface area contributed by atoms with Gasteiger partial charge in [0.1, 0.15) is 46.5 Å². The fraction of sp³-hybridized carbons (Fsp3) is 0.176. The number of ether oxygens (including phenoxy) is 2. The first-order chi connectivity index (χ1) is 20.7. The highest BCUT2D eigenvalue weighted by molar-refractivity contribution is 5.62. The standard InChI is InChI=1S/C34H32N6O2/c1-25(41-29-19-11-5-12-20-29)31-33(39(37-35-31)23-27-15-7-3-8-16-27)34-32(26(2)42-30-21-13-6-14-22-30)36-38-40(34)24-28-17-9-4-10-18-28/h3-22,25-26H,23-24H2,1-2H3/t25-,26-/m1/s1. The van der Waals surface area contributed by atoms with E-state index in [9.17, 15) is 0 Å². The zero-order valence-electron chi connectivity index (χ0n) is 23.6. The molecule has 8 heteroatoms. The number of rotatable bonds is 11. The van der Waals surface area contributed by atoms with Gasteiger partial charge in [-0.25, -0.2) is 9.36 Å². The van der Waals surface area contributed by atoms with Crippen molar-refractivity contribution >= 4 is 0 Å². The Balaban J connectivity index is 1.48. The Bertz CT molecular complexity index is 1570. The van der Waals surface area contributed by atoms with Gasteiger partial charge in [0, 0.05) is 0 Å². The lowest BCUT2D eigenvalue weighted by Crippen LogP contribution is -2.14. The van der Waals surface area contributed by atoms with Crippen molar-refractivity contribution in [2.45, 2.75) is 39.1 Å². The summed E-state index contributed by atoms with van der Waals surface area (Å²) >= 11 is 0. The molecular formula is C34H32N6O2. The minimum Gasteiger partial charge on any atom is -0.484 e. The van der Waals surface area contributed by atoms with Crippen LogP contribution in [0.25, 0.3) is 11.4 Å². The summed E-state index contributed by atoms with van der Waals surface area (Å²) in [7, 11) is 0. The number of para-hydroxylation sites is 2. The van der Waals surface area contributed by atoms with E-state index in [1.54, 1.807) is 0 Å². The smallest absolute Gasteiger partial charge is 0.142 e. The molecule has 6 aromatic rings. The molecule has 0 amide bonds. The largest absolute Gasteiger partial charge is 0.484 e. The van der Waals surface area contributed by atoms with Crippen LogP contribution in [-0.4, -0.2) is 30.0 Å². The third-order valence-corrected chi connectivity index (χ3v) is 6.98. The molecule has 4 aromatic carbocycles. The maximum atomic E-state index is 6.36. The number of hydrogen-bond acceptors (Lipinski definition) is 6. The molecule has 8 nitrogen and oxygen atoms in total. The second-order valence-electron chi connectivity index (χ2n) is 10.1. The van der Waals surface area contributed by atoms with E-state index in [1.807, 2.05) is 120 Å². The summed E-state index contributed by atoms with van der Waals surface area (Å²) in [6.07, 6.45) is -0.796. The molecule has 0 spiro atoms. The Morgan fingerprint density at radius 1 is 0.500 bits per heavy atom. The molecule has 2 heterocycles. The van der Waals surface area contributed by atoms with Crippen molar-refractivity contribution < 1.29 is 9.47 Å². The SMILES string of the molecule is C[C@@H](Oc1ccccc1)c1nnn(Cc2ccccc2)c1-c1c([C@@H](C)Oc2ccccc2)nnn1Cc1ccccc1. The number of benzene rings is 4. The summed E-state index contributed by atoms with van der Waals surface area (Å²) in [6.45, 7) is 5.01. The van der Waals surface area contributed by atoms with Gasteiger partial charge in [0.15, 0.2) is 0 Å². The van der Waals surface area contributed by atoms with E-state index >= 15 is 0 Å². The van der Waals surface area contributed by atoms with Gasteiger partial charge in [0.05, 0.1) is 13.1 Å². The van der Waals surface area contributed by atoms with Crippen LogP contribution in [0.3, 0.4) is 0 Å². The highest BCUT2D eigenvalue weighted by atomic mass is 16.5. The van der Waals surface area contributed by atoms with Crippen LogP contribution in [0.5, 0.6) is 11.5 Å². The minimum absolute atomic E-state index is 0.398. The Morgan fingerprint density at radius 3 is 1.19 bits per heavy atom. The molecule has 0 aliphatic heterocycles. The fourth-order valence-corrected chi connectivity index (χ4v) is 4.94. The summed E-state index contributed by atoms with van der Waals surface area (Å²) in [6, 6.07) is 39.9. The van der Waals surface area contributed by atoms with Crippen molar-refractivity contribution in [1.29, 1.82) is 0 Å². The van der Waals surface area contributed by atoms with Gasteiger partial charge in [-0.2, -0.15) is 0 Å². The van der Waals surface area contributed by atoms with Gasteiger partial charge in [-0.1, -0.05) is 107 Å².